The van der Waals surface area contributed by atoms with Gasteiger partial charge in [-0.1, -0.05) is 19.1 Å². The Kier molecular flexibility index (Phi) is 5.08. The number of H-pyrrole nitrogens is 1. The fraction of sp³-hybridized carbons (Fsp3) is 0.474. The summed E-state index contributed by atoms with van der Waals surface area (Å²) in [5.74, 6) is -0.778. The Balaban J connectivity index is 1.89. The summed E-state index contributed by atoms with van der Waals surface area (Å²) < 4.78 is 0. The Morgan fingerprint density at radius 2 is 2.20 bits per heavy atom. The van der Waals surface area contributed by atoms with Crippen LogP contribution in [-0.4, -0.2) is 40.6 Å². The number of nitrogens with zero attached hydrogens (tertiary/aromatic N) is 1. The number of anilines is 1. The molecule has 0 saturated carbocycles. The minimum absolute atomic E-state index is 0.00237. The molecule has 1 aliphatic heterocycles. The van der Waals surface area contributed by atoms with E-state index < -0.39 is 5.97 Å². The molecule has 6 heteroatoms. The molecule has 0 radical (unpaired) electrons. The second kappa shape index (κ2) is 7.27. The van der Waals surface area contributed by atoms with Gasteiger partial charge in [-0.05, 0) is 37.9 Å². The zero-order valence-electron chi connectivity index (χ0n) is 14.8. The van der Waals surface area contributed by atoms with Crippen molar-refractivity contribution in [2.45, 2.75) is 45.2 Å². The Morgan fingerprint density at radius 1 is 1.40 bits per heavy atom. The summed E-state index contributed by atoms with van der Waals surface area (Å²) in [6, 6.07) is 6.10. The first-order valence-electron chi connectivity index (χ1n) is 8.83. The van der Waals surface area contributed by atoms with Crippen LogP contribution in [0.4, 0.5) is 5.69 Å². The van der Waals surface area contributed by atoms with Crippen LogP contribution in [0.1, 0.15) is 37.3 Å². The average molecular weight is 343 g/mol. The molecule has 0 amide bonds. The lowest BCUT2D eigenvalue weighted by Gasteiger charge is -2.26. The van der Waals surface area contributed by atoms with Gasteiger partial charge in [-0.3, -0.25) is 14.5 Å². The zero-order valence-corrected chi connectivity index (χ0v) is 14.8. The molecule has 3 rings (SSSR count). The zero-order chi connectivity index (χ0) is 18.0. The summed E-state index contributed by atoms with van der Waals surface area (Å²) in [5.41, 5.74) is 3.68. The van der Waals surface area contributed by atoms with Crippen molar-refractivity contribution in [2.24, 2.45) is 0 Å². The van der Waals surface area contributed by atoms with E-state index in [1.807, 2.05) is 26.1 Å². The maximum Gasteiger partial charge on any atom is 0.304 e. The summed E-state index contributed by atoms with van der Waals surface area (Å²) in [5, 5.41) is 13.4. The van der Waals surface area contributed by atoms with Crippen LogP contribution in [0.3, 0.4) is 0 Å². The van der Waals surface area contributed by atoms with Gasteiger partial charge < -0.3 is 15.4 Å². The van der Waals surface area contributed by atoms with Crippen LogP contribution in [0.5, 0.6) is 0 Å². The highest BCUT2D eigenvalue weighted by Gasteiger charge is 2.18. The van der Waals surface area contributed by atoms with Crippen LogP contribution >= 0.6 is 0 Å². The van der Waals surface area contributed by atoms with Gasteiger partial charge in [0.2, 0.25) is 0 Å². The van der Waals surface area contributed by atoms with Crippen molar-refractivity contribution < 1.29 is 9.90 Å². The number of aliphatic carboxylic acids is 1. The third-order valence-electron chi connectivity index (χ3n) is 5.02. The molecule has 0 spiro atoms. The highest BCUT2D eigenvalue weighted by atomic mass is 16.4. The van der Waals surface area contributed by atoms with E-state index in [0.29, 0.717) is 6.54 Å². The lowest BCUT2D eigenvalue weighted by molar-refractivity contribution is -0.138. The number of carbonyl (C=O) groups is 1. The summed E-state index contributed by atoms with van der Waals surface area (Å²) in [4.78, 5) is 28.4. The lowest BCUT2D eigenvalue weighted by atomic mass is 10.0. The number of hydrogen-bond acceptors (Lipinski definition) is 4. The molecule has 6 nitrogen and oxygen atoms in total. The van der Waals surface area contributed by atoms with Gasteiger partial charge in [0.25, 0.3) is 5.56 Å². The number of hydrogen-bond donors (Lipinski definition) is 3. The molecule has 1 aromatic heterocycles. The molecule has 0 aliphatic carbocycles. The molecule has 3 N–H and O–H groups in total. The largest absolute Gasteiger partial charge is 0.481 e. The van der Waals surface area contributed by atoms with Crippen molar-refractivity contribution in [3.63, 3.8) is 0 Å². The van der Waals surface area contributed by atoms with Gasteiger partial charge in [0.15, 0.2) is 0 Å². The third kappa shape index (κ3) is 3.69. The van der Waals surface area contributed by atoms with E-state index in [9.17, 15) is 9.59 Å². The second-order valence-corrected chi connectivity index (χ2v) is 6.79. The molecule has 134 valence electrons. The first-order chi connectivity index (χ1) is 12.0. The van der Waals surface area contributed by atoms with Gasteiger partial charge in [-0.15, -0.1) is 0 Å². The van der Waals surface area contributed by atoms with Crippen LogP contribution in [0.25, 0.3) is 10.9 Å². The van der Waals surface area contributed by atoms with Gasteiger partial charge in [0, 0.05) is 30.1 Å². The Labute approximate surface area is 146 Å². The van der Waals surface area contributed by atoms with E-state index in [0.717, 1.165) is 53.5 Å². The van der Waals surface area contributed by atoms with Crippen molar-refractivity contribution in [1.29, 1.82) is 0 Å². The van der Waals surface area contributed by atoms with Crippen molar-refractivity contribution in [3.8, 4) is 0 Å². The lowest BCUT2D eigenvalue weighted by Crippen LogP contribution is -2.32. The maximum atomic E-state index is 12.3. The first kappa shape index (κ1) is 17.5. The second-order valence-electron chi connectivity index (χ2n) is 6.79. The third-order valence-corrected chi connectivity index (χ3v) is 5.02. The van der Waals surface area contributed by atoms with Crippen molar-refractivity contribution in [3.05, 3.63) is 39.7 Å². The molecule has 2 aromatic rings. The minimum atomic E-state index is -0.778. The molecule has 0 saturated heterocycles. The number of nitrogens with one attached hydrogen (secondary N) is 2. The number of fused-ring (bicyclic) bond motifs is 3. The molecular weight excluding hydrogens is 318 g/mol. The SMILES string of the molecule is CCC(CC(=O)O)N(C)Cc1ccc2c3c(c(=O)[nH]c2c1)CCCN3. The molecule has 1 unspecified atom stereocenters. The van der Waals surface area contributed by atoms with E-state index in [2.05, 4.69) is 21.3 Å². The van der Waals surface area contributed by atoms with E-state index in [1.165, 1.54) is 0 Å². The average Bonchev–Trinajstić information content (AvgIpc) is 2.59. The predicted octanol–water partition coefficient (Wildman–Crippen LogP) is 2.57. The minimum Gasteiger partial charge on any atom is -0.481 e. The summed E-state index contributed by atoms with van der Waals surface area (Å²) in [6.45, 7) is 3.54. The number of carboxylic acid groups (broad SMARTS) is 1. The first-order valence-corrected chi connectivity index (χ1v) is 8.83. The smallest absolute Gasteiger partial charge is 0.304 e. The number of aromatic nitrogens is 1. The fourth-order valence-corrected chi connectivity index (χ4v) is 3.63. The summed E-state index contributed by atoms with van der Waals surface area (Å²) >= 11 is 0. The number of aromatic amines is 1. The van der Waals surface area contributed by atoms with Gasteiger partial charge in [-0.25, -0.2) is 0 Å². The van der Waals surface area contributed by atoms with Gasteiger partial charge >= 0.3 is 5.97 Å². The summed E-state index contributed by atoms with van der Waals surface area (Å²) in [7, 11) is 1.94. The van der Waals surface area contributed by atoms with Crippen LogP contribution < -0.4 is 10.9 Å². The number of carboxylic acids is 1. The fourth-order valence-electron chi connectivity index (χ4n) is 3.63. The van der Waals surface area contributed by atoms with Crippen LogP contribution in [0.15, 0.2) is 23.0 Å². The van der Waals surface area contributed by atoms with E-state index in [4.69, 9.17) is 5.11 Å². The van der Waals surface area contributed by atoms with Crippen LogP contribution in [0, 0.1) is 0 Å². The topological polar surface area (TPSA) is 85.4 Å². The predicted molar refractivity (Wildman–Crippen MR) is 99.2 cm³/mol. The van der Waals surface area contributed by atoms with Gasteiger partial charge in [-0.2, -0.15) is 0 Å². The molecule has 1 aliphatic rings. The number of pyridine rings is 1. The normalized spacial score (nSPS) is 15.0. The van der Waals surface area contributed by atoms with E-state index in [-0.39, 0.29) is 18.0 Å². The monoisotopic (exact) mass is 343 g/mol. The number of rotatable bonds is 6. The number of benzene rings is 1. The van der Waals surface area contributed by atoms with E-state index >= 15 is 0 Å². The standard InChI is InChI=1S/C19H25N3O3/c1-3-13(10-17(23)24)22(2)11-12-6-7-14-16(9-12)21-19(25)15-5-4-8-20-18(14)15/h6-7,9,13,20H,3-5,8,10-11H2,1-2H3,(H,21,25)(H,23,24). The van der Waals surface area contributed by atoms with Gasteiger partial charge in [0.1, 0.15) is 0 Å². The van der Waals surface area contributed by atoms with Gasteiger partial charge in [0.05, 0.1) is 17.6 Å². The highest BCUT2D eigenvalue weighted by molar-refractivity contribution is 5.93. The molecule has 1 atom stereocenters. The van der Waals surface area contributed by atoms with E-state index in [1.54, 1.807) is 0 Å². The highest BCUT2D eigenvalue weighted by Crippen LogP contribution is 2.28. The molecular formula is C19H25N3O3. The van der Waals surface area contributed by atoms with Crippen molar-refractivity contribution >= 4 is 22.6 Å². The Morgan fingerprint density at radius 3 is 2.92 bits per heavy atom. The summed E-state index contributed by atoms with van der Waals surface area (Å²) in [6.07, 6.45) is 2.71. The Bertz CT molecular complexity index is 844. The van der Waals surface area contributed by atoms with Crippen LogP contribution in [-0.2, 0) is 17.8 Å². The molecule has 25 heavy (non-hydrogen) atoms. The molecule has 0 fully saturated rings. The van der Waals surface area contributed by atoms with Crippen LogP contribution in [0.2, 0.25) is 0 Å². The molecule has 0 bridgehead atoms. The Hall–Kier alpha value is -2.34. The van der Waals surface area contributed by atoms with Crippen molar-refractivity contribution in [2.75, 3.05) is 18.9 Å². The van der Waals surface area contributed by atoms with Crippen molar-refractivity contribution in [1.82, 2.24) is 9.88 Å². The quantitative estimate of drug-likeness (QED) is 0.750. The molecule has 1 aromatic carbocycles. The maximum absolute atomic E-state index is 12.3. The molecule has 2 heterocycles.